The van der Waals surface area contributed by atoms with Gasteiger partial charge >= 0.3 is 18.1 Å². The number of methoxy groups -OCH3 is 1. The van der Waals surface area contributed by atoms with Gasteiger partial charge in [0.15, 0.2) is 9.84 Å². The fourth-order valence-electron chi connectivity index (χ4n) is 10.4. The van der Waals surface area contributed by atoms with Gasteiger partial charge in [-0.15, -0.1) is 0 Å². The molecule has 1 aromatic rings. The van der Waals surface area contributed by atoms with Crippen LogP contribution in [0.3, 0.4) is 0 Å². The van der Waals surface area contributed by atoms with Crippen molar-refractivity contribution in [3.63, 3.8) is 0 Å². The topological polar surface area (TPSA) is 303 Å². The summed E-state index contributed by atoms with van der Waals surface area (Å²) >= 11 is 6.84. The number of likely N-dealkylation sites (N-methyl/N-ethyl adjacent to an activating group) is 1. The highest BCUT2D eigenvalue weighted by molar-refractivity contribution is 7.91. The van der Waals surface area contributed by atoms with E-state index in [9.17, 15) is 51.9 Å². The molecule has 0 saturated carbocycles. The predicted octanol–water partition coefficient (Wildman–Crippen LogP) is 4.71. The SMILES string of the molecule is COc1cc2cc(c1Cl)N(C)C(=O)CC(OC(=O)[C@H](C)N(C)C(=O)[C@H](CCCNC(N)=O)NC(=O)[C@@H](CS(=O)(=O)CCCCCCN1C(=O)CC(C)C1=O)C(C)C)C1(C)OC1C(C)C1CC(O)(NC(=O)O1)C(C)/C=C/C=C(\C)C2. The first-order chi connectivity index (χ1) is 36.9. The van der Waals surface area contributed by atoms with E-state index in [-0.39, 0.29) is 67.3 Å². The highest BCUT2D eigenvalue weighted by Gasteiger charge is 2.64. The largest absolute Gasteiger partial charge is 0.495 e. The lowest BCUT2D eigenvalue weighted by atomic mass is 9.82. The zero-order valence-electron chi connectivity index (χ0n) is 47.4. The Labute approximate surface area is 469 Å². The van der Waals surface area contributed by atoms with Crippen molar-refractivity contribution in [3.8, 4) is 5.75 Å². The third-order valence-corrected chi connectivity index (χ3v) is 18.0. The molecule has 8 amide bonds. The number of hydrogen-bond donors (Lipinski definition) is 5. The number of amides is 8. The van der Waals surface area contributed by atoms with E-state index in [0.717, 1.165) is 16.0 Å². The van der Waals surface area contributed by atoms with Crippen LogP contribution >= 0.6 is 11.6 Å². The standard InChI is InChI=1S/C55H82ClN7O15S/c1-31(2)38(30-79(73,74)23-15-13-12-14-22-63-45(65)25-33(4)49(63)67)48(66)59-39(20-17-21-58-52(57)70)50(68)61(9)36(7)51(69)77-43-28-44(64)62(10)40-26-37(27-41(75-11)46(40)56)24-32(3)18-16-19-34(5)55(72)29-42(76-53(71)60-55)35(6)47-54(43,8)78-47/h16,18-19,26-27,31,33-36,38-39,42-43,47,72H,12-15,17,20-25,28-30H2,1-11H3,(H,59,66)(H,60,71)(H3,57,58,70)/b19-16+,32-18+/t33?,34?,35?,36-,38-,39-,42?,43?,47?,54?,55?/m0/s1. The van der Waals surface area contributed by atoms with E-state index >= 15 is 0 Å². The molecule has 4 aliphatic heterocycles. The summed E-state index contributed by atoms with van der Waals surface area (Å²) in [5, 5.41) is 19.7. The van der Waals surface area contributed by atoms with Gasteiger partial charge in [0, 0.05) is 57.8 Å². The van der Waals surface area contributed by atoms with E-state index in [1.807, 2.05) is 13.0 Å². The number of carbonyl (C=O) groups excluding carboxylic acids is 8. The molecular formula is C55H82ClN7O15S. The van der Waals surface area contributed by atoms with E-state index in [4.69, 9.17) is 36.3 Å². The number of fused-ring (bicyclic) bond motifs is 5. The van der Waals surface area contributed by atoms with Crippen LogP contribution in [-0.4, -0.2) is 158 Å². The highest BCUT2D eigenvalue weighted by Crippen LogP contribution is 2.49. The number of imide groups is 1. The zero-order chi connectivity index (χ0) is 58.9. The molecule has 440 valence electrons. The minimum Gasteiger partial charge on any atom is -0.495 e. The molecule has 1 aromatic carbocycles. The number of halogens is 1. The molecule has 0 aromatic heterocycles. The van der Waals surface area contributed by atoms with Crippen LogP contribution < -0.4 is 31.3 Å². The van der Waals surface area contributed by atoms with E-state index in [1.54, 1.807) is 65.8 Å². The van der Waals surface area contributed by atoms with E-state index in [2.05, 4.69) is 16.0 Å². The number of epoxide rings is 1. The summed E-state index contributed by atoms with van der Waals surface area (Å²) in [6, 6.07) is 0.0117. The molecule has 8 unspecified atom stereocenters. The third kappa shape index (κ3) is 16.4. The number of alkyl carbamates (subject to hydrolysis) is 1. The number of benzene rings is 1. The minimum absolute atomic E-state index is 0.0231. The molecule has 0 aliphatic carbocycles. The first-order valence-corrected chi connectivity index (χ1v) is 29.3. The number of nitrogens with one attached hydrogen (secondary N) is 3. The number of rotatable bonds is 21. The number of carbonyl (C=O) groups is 8. The lowest BCUT2D eigenvalue weighted by molar-refractivity contribution is -0.162. The Kier molecular flexibility index (Phi) is 22.0. The van der Waals surface area contributed by atoms with Crippen molar-refractivity contribution in [2.75, 3.05) is 50.7 Å². The third-order valence-electron chi connectivity index (χ3n) is 15.8. The number of nitrogens with two attached hydrogens (primary N) is 1. The van der Waals surface area contributed by atoms with E-state index in [1.165, 1.54) is 37.9 Å². The maximum atomic E-state index is 14.5. The number of allylic oxidation sites excluding steroid dienone is 3. The number of hydrogen-bond acceptors (Lipinski definition) is 15. The summed E-state index contributed by atoms with van der Waals surface area (Å²) < 4.78 is 50.9. The molecule has 11 atom stereocenters. The van der Waals surface area contributed by atoms with Crippen molar-refractivity contribution in [1.82, 2.24) is 25.8 Å². The molecular weight excluding hydrogens is 1070 g/mol. The Balaban J connectivity index is 1.36. The number of nitrogens with zero attached hydrogens (tertiary/aromatic N) is 3. The molecule has 3 saturated heterocycles. The normalized spacial score (nSPS) is 27.8. The number of unbranched alkanes of at least 4 members (excludes halogenated alkanes) is 3. The zero-order valence-corrected chi connectivity index (χ0v) is 49.0. The van der Waals surface area contributed by atoms with Gasteiger partial charge < -0.3 is 50.2 Å². The number of likely N-dealkylation sites (tertiary alicyclic amines) is 1. The van der Waals surface area contributed by atoms with Crippen LogP contribution in [0.25, 0.3) is 0 Å². The molecule has 4 heterocycles. The van der Waals surface area contributed by atoms with Crippen LogP contribution in [0.4, 0.5) is 15.3 Å². The summed E-state index contributed by atoms with van der Waals surface area (Å²) in [5.74, 6) is -6.90. The number of anilines is 1. The highest BCUT2D eigenvalue weighted by atomic mass is 35.5. The number of urea groups is 1. The van der Waals surface area contributed by atoms with Gasteiger partial charge in [-0.1, -0.05) is 82.9 Å². The van der Waals surface area contributed by atoms with Crippen LogP contribution in [0.15, 0.2) is 35.9 Å². The fourth-order valence-corrected chi connectivity index (χ4v) is 12.6. The first-order valence-electron chi connectivity index (χ1n) is 27.1. The van der Waals surface area contributed by atoms with Crippen molar-refractivity contribution >= 4 is 74.8 Å². The second kappa shape index (κ2) is 27.1. The maximum Gasteiger partial charge on any atom is 0.409 e. The number of sulfone groups is 1. The molecule has 4 aliphatic rings. The maximum absolute atomic E-state index is 14.5. The van der Waals surface area contributed by atoms with Gasteiger partial charge in [-0.25, -0.2) is 22.8 Å². The Morgan fingerprint density at radius 1 is 1.03 bits per heavy atom. The van der Waals surface area contributed by atoms with Crippen LogP contribution in [-0.2, 0) is 59.2 Å². The lowest BCUT2D eigenvalue weighted by Crippen LogP contribution is -2.60. The Hall–Kier alpha value is -5.78. The van der Waals surface area contributed by atoms with Crippen molar-refractivity contribution in [2.45, 2.75) is 161 Å². The monoisotopic (exact) mass is 1150 g/mol. The van der Waals surface area contributed by atoms with Crippen molar-refractivity contribution in [1.29, 1.82) is 0 Å². The molecule has 0 spiro atoms. The smallest absolute Gasteiger partial charge is 0.409 e. The van der Waals surface area contributed by atoms with Crippen molar-refractivity contribution in [2.24, 2.45) is 35.3 Å². The molecule has 0 radical (unpaired) electrons. The van der Waals surface area contributed by atoms with Crippen LogP contribution in [0.2, 0.25) is 5.02 Å². The van der Waals surface area contributed by atoms with Crippen LogP contribution in [0, 0.1) is 29.6 Å². The number of ether oxygens (including phenoxy) is 4. The van der Waals surface area contributed by atoms with Gasteiger partial charge in [-0.05, 0) is 76.5 Å². The van der Waals surface area contributed by atoms with Gasteiger partial charge in [0.25, 0.3) is 0 Å². The van der Waals surface area contributed by atoms with E-state index < -0.39 is 123 Å². The molecule has 4 bridgehead atoms. The Bertz CT molecular complexity index is 2630. The fraction of sp³-hybridized carbons (Fsp3) is 0.673. The molecule has 6 N–H and O–H groups in total. The summed E-state index contributed by atoms with van der Waals surface area (Å²) in [6.45, 7) is 13.9. The molecule has 3 fully saturated rings. The Morgan fingerprint density at radius 3 is 2.34 bits per heavy atom. The second-order valence-corrected chi connectivity index (χ2v) is 24.9. The minimum atomic E-state index is -3.80. The van der Waals surface area contributed by atoms with Crippen LogP contribution in [0.1, 0.15) is 119 Å². The second-order valence-electron chi connectivity index (χ2n) is 22.3. The van der Waals surface area contributed by atoms with Gasteiger partial charge in [-0.2, -0.15) is 0 Å². The van der Waals surface area contributed by atoms with Crippen LogP contribution in [0.5, 0.6) is 5.75 Å². The summed E-state index contributed by atoms with van der Waals surface area (Å²) in [7, 11) is 0.498. The summed E-state index contributed by atoms with van der Waals surface area (Å²) in [4.78, 5) is 110. The van der Waals surface area contributed by atoms with Gasteiger partial charge in [0.1, 0.15) is 46.4 Å². The number of esters is 1. The lowest BCUT2D eigenvalue weighted by Gasteiger charge is -2.41. The predicted molar refractivity (Wildman–Crippen MR) is 294 cm³/mol. The molecule has 24 heteroatoms. The first kappa shape index (κ1) is 64.0. The average molecular weight is 1150 g/mol. The number of aliphatic hydroxyl groups is 1. The van der Waals surface area contributed by atoms with Gasteiger partial charge in [0.2, 0.25) is 29.5 Å². The van der Waals surface area contributed by atoms with E-state index in [0.29, 0.717) is 43.5 Å². The van der Waals surface area contributed by atoms with Gasteiger partial charge in [-0.3, -0.25) is 34.2 Å². The summed E-state index contributed by atoms with van der Waals surface area (Å²) in [5.41, 5.74) is 4.16. The molecule has 22 nitrogen and oxygen atoms in total. The average Bonchev–Trinajstić information content (AvgIpc) is 4.25. The summed E-state index contributed by atoms with van der Waals surface area (Å²) in [6.07, 6.45) is 3.70. The van der Waals surface area contributed by atoms with Crippen molar-refractivity contribution < 1.29 is 70.8 Å². The number of primary amides is 1. The van der Waals surface area contributed by atoms with Gasteiger partial charge in [0.05, 0.1) is 42.7 Å². The molecule has 79 heavy (non-hydrogen) atoms. The quantitative estimate of drug-likeness (QED) is 0.0482. The van der Waals surface area contributed by atoms with Crippen molar-refractivity contribution in [3.05, 3.63) is 46.5 Å². The Morgan fingerprint density at radius 2 is 1.71 bits per heavy atom. The molecule has 5 rings (SSSR count).